The summed E-state index contributed by atoms with van der Waals surface area (Å²) >= 11 is 0. The minimum atomic E-state index is -3.03. The topological polar surface area (TPSA) is 104 Å². The van der Waals surface area contributed by atoms with Gasteiger partial charge in [0.25, 0.3) is 0 Å². The zero-order valence-electron chi connectivity index (χ0n) is 11.9. The van der Waals surface area contributed by atoms with Gasteiger partial charge in [-0.2, -0.15) is 0 Å². The average molecular weight is 305 g/mol. The van der Waals surface area contributed by atoms with E-state index in [-0.39, 0.29) is 54.8 Å². The summed E-state index contributed by atoms with van der Waals surface area (Å²) in [4.78, 5) is 23.0. The normalized spacial score (nSPS) is 21.4. The molecule has 0 radical (unpaired) electrons. The quantitative estimate of drug-likeness (QED) is 0.571. The van der Waals surface area contributed by atoms with E-state index in [1.54, 1.807) is 0 Å². The highest BCUT2D eigenvalue weighted by atomic mass is 32.2. The number of nitrogens with one attached hydrogen (secondary N) is 3. The van der Waals surface area contributed by atoms with Gasteiger partial charge >= 0.3 is 0 Å². The number of sulfone groups is 1. The van der Waals surface area contributed by atoms with Crippen molar-refractivity contribution >= 4 is 21.7 Å². The predicted molar refractivity (Wildman–Crippen MR) is 76.0 cm³/mol. The van der Waals surface area contributed by atoms with Crippen molar-refractivity contribution in [3.05, 3.63) is 0 Å². The Hall–Kier alpha value is -1.15. The third-order valence-corrected chi connectivity index (χ3v) is 4.59. The largest absolute Gasteiger partial charge is 0.356 e. The van der Waals surface area contributed by atoms with Crippen LogP contribution in [0.4, 0.5) is 0 Å². The molecule has 0 aromatic heterocycles. The molecule has 1 fully saturated rings. The highest BCUT2D eigenvalue weighted by Crippen LogP contribution is 2.04. The number of carbonyl (C=O) groups is 2. The van der Waals surface area contributed by atoms with Gasteiger partial charge in [-0.3, -0.25) is 9.59 Å². The van der Waals surface area contributed by atoms with Crippen molar-refractivity contribution in [1.29, 1.82) is 0 Å². The maximum absolute atomic E-state index is 11.6. The van der Waals surface area contributed by atoms with Crippen molar-refractivity contribution in [3.8, 4) is 0 Å². The standard InChI is InChI=1S/C12H23N3O4S/c1-9(2)15-11(16)3-4-14-12(17)7-10-8-20(18,19)6-5-13-10/h9-10,13H,3-8H2,1-2H3,(H,14,17)(H,15,16). The Labute approximate surface area is 119 Å². The molecule has 0 spiro atoms. The Morgan fingerprint density at radius 3 is 2.60 bits per heavy atom. The summed E-state index contributed by atoms with van der Waals surface area (Å²) in [6.07, 6.45) is 0.339. The summed E-state index contributed by atoms with van der Waals surface area (Å²) in [5.74, 6) is -0.231. The molecular formula is C12H23N3O4S. The van der Waals surface area contributed by atoms with Crippen LogP contribution in [0.15, 0.2) is 0 Å². The van der Waals surface area contributed by atoms with Gasteiger partial charge in [0.05, 0.1) is 11.5 Å². The fourth-order valence-electron chi connectivity index (χ4n) is 2.00. The van der Waals surface area contributed by atoms with Crippen LogP contribution in [0.5, 0.6) is 0 Å². The monoisotopic (exact) mass is 305 g/mol. The molecular weight excluding hydrogens is 282 g/mol. The minimum Gasteiger partial charge on any atom is -0.356 e. The Morgan fingerprint density at radius 1 is 1.30 bits per heavy atom. The molecule has 1 heterocycles. The number of amides is 2. The molecule has 20 heavy (non-hydrogen) atoms. The molecule has 1 unspecified atom stereocenters. The third kappa shape index (κ3) is 6.85. The molecule has 1 saturated heterocycles. The van der Waals surface area contributed by atoms with Gasteiger partial charge in [0, 0.05) is 38.0 Å². The molecule has 3 N–H and O–H groups in total. The van der Waals surface area contributed by atoms with E-state index in [0.717, 1.165) is 0 Å². The van der Waals surface area contributed by atoms with Gasteiger partial charge in [0.1, 0.15) is 0 Å². The molecule has 2 amide bonds. The number of hydrogen-bond donors (Lipinski definition) is 3. The van der Waals surface area contributed by atoms with E-state index in [0.29, 0.717) is 6.54 Å². The summed E-state index contributed by atoms with van der Waals surface area (Å²) in [6, 6.07) is -0.256. The average Bonchev–Trinajstić information content (AvgIpc) is 2.26. The first-order valence-electron chi connectivity index (χ1n) is 6.78. The summed E-state index contributed by atoms with van der Waals surface area (Å²) in [5.41, 5.74) is 0. The molecule has 1 rings (SSSR count). The lowest BCUT2D eigenvalue weighted by molar-refractivity contribution is -0.122. The first kappa shape index (κ1) is 16.9. The van der Waals surface area contributed by atoms with Crippen LogP contribution in [0.2, 0.25) is 0 Å². The molecule has 1 atom stereocenters. The molecule has 116 valence electrons. The predicted octanol–water partition coefficient (Wildman–Crippen LogP) is -1.21. The maximum Gasteiger partial charge on any atom is 0.221 e. The van der Waals surface area contributed by atoms with Gasteiger partial charge in [-0.1, -0.05) is 0 Å². The first-order chi connectivity index (χ1) is 9.28. The maximum atomic E-state index is 11.6. The van der Waals surface area contributed by atoms with Crippen molar-refractivity contribution in [2.45, 2.75) is 38.8 Å². The van der Waals surface area contributed by atoms with E-state index in [1.807, 2.05) is 13.8 Å². The Kier molecular flexibility index (Phi) is 6.41. The van der Waals surface area contributed by atoms with E-state index in [9.17, 15) is 18.0 Å². The van der Waals surface area contributed by atoms with Gasteiger partial charge in [0.2, 0.25) is 11.8 Å². The number of rotatable bonds is 6. The van der Waals surface area contributed by atoms with Crippen LogP contribution >= 0.6 is 0 Å². The second-order valence-electron chi connectivity index (χ2n) is 5.29. The Bertz CT molecular complexity index is 448. The summed E-state index contributed by atoms with van der Waals surface area (Å²) in [5, 5.41) is 8.37. The fraction of sp³-hybridized carbons (Fsp3) is 0.833. The second kappa shape index (κ2) is 7.58. The highest BCUT2D eigenvalue weighted by Gasteiger charge is 2.25. The van der Waals surface area contributed by atoms with Crippen molar-refractivity contribution in [2.24, 2.45) is 0 Å². The van der Waals surface area contributed by atoms with Gasteiger partial charge in [0.15, 0.2) is 9.84 Å². The molecule has 0 aromatic rings. The van der Waals surface area contributed by atoms with Crippen LogP contribution in [0.1, 0.15) is 26.7 Å². The molecule has 0 saturated carbocycles. The summed E-state index contributed by atoms with van der Waals surface area (Å²) < 4.78 is 22.8. The van der Waals surface area contributed by atoms with Crippen molar-refractivity contribution in [2.75, 3.05) is 24.6 Å². The van der Waals surface area contributed by atoms with Gasteiger partial charge in [-0.05, 0) is 13.8 Å². The highest BCUT2D eigenvalue weighted by molar-refractivity contribution is 7.91. The molecule has 7 nitrogen and oxygen atoms in total. The van der Waals surface area contributed by atoms with Crippen LogP contribution in [0, 0.1) is 0 Å². The fourth-order valence-corrected chi connectivity index (χ4v) is 3.45. The molecule has 8 heteroatoms. The van der Waals surface area contributed by atoms with E-state index >= 15 is 0 Å². The van der Waals surface area contributed by atoms with Crippen molar-refractivity contribution in [3.63, 3.8) is 0 Å². The van der Waals surface area contributed by atoms with Crippen LogP contribution in [-0.4, -0.2) is 56.9 Å². The van der Waals surface area contributed by atoms with Gasteiger partial charge in [-0.25, -0.2) is 8.42 Å². The van der Waals surface area contributed by atoms with Crippen LogP contribution in [0.3, 0.4) is 0 Å². The number of hydrogen-bond acceptors (Lipinski definition) is 5. The minimum absolute atomic E-state index is 0.00570. The Morgan fingerprint density at radius 2 is 2.00 bits per heavy atom. The van der Waals surface area contributed by atoms with E-state index < -0.39 is 9.84 Å². The molecule has 1 aliphatic rings. The molecule has 0 aromatic carbocycles. The SMILES string of the molecule is CC(C)NC(=O)CCNC(=O)CC1CS(=O)(=O)CCN1. The van der Waals surface area contributed by atoms with Crippen molar-refractivity contribution in [1.82, 2.24) is 16.0 Å². The third-order valence-electron chi connectivity index (χ3n) is 2.86. The van der Waals surface area contributed by atoms with Gasteiger partial charge in [-0.15, -0.1) is 0 Å². The lowest BCUT2D eigenvalue weighted by Gasteiger charge is -2.23. The lowest BCUT2D eigenvalue weighted by atomic mass is 10.2. The van der Waals surface area contributed by atoms with Crippen molar-refractivity contribution < 1.29 is 18.0 Å². The van der Waals surface area contributed by atoms with E-state index in [2.05, 4.69) is 16.0 Å². The summed E-state index contributed by atoms with van der Waals surface area (Å²) in [7, 11) is -3.03. The molecule has 0 aliphatic carbocycles. The van der Waals surface area contributed by atoms with E-state index in [4.69, 9.17) is 0 Å². The molecule has 0 bridgehead atoms. The zero-order valence-corrected chi connectivity index (χ0v) is 12.8. The lowest BCUT2D eigenvalue weighted by Crippen LogP contribution is -2.47. The zero-order chi connectivity index (χ0) is 15.2. The summed E-state index contributed by atoms with van der Waals surface area (Å²) in [6.45, 7) is 4.38. The number of carbonyl (C=O) groups excluding carboxylic acids is 2. The van der Waals surface area contributed by atoms with E-state index in [1.165, 1.54) is 0 Å². The Balaban J connectivity index is 2.22. The van der Waals surface area contributed by atoms with Crippen LogP contribution in [-0.2, 0) is 19.4 Å². The smallest absolute Gasteiger partial charge is 0.221 e. The van der Waals surface area contributed by atoms with Gasteiger partial charge < -0.3 is 16.0 Å². The molecule has 1 aliphatic heterocycles. The second-order valence-corrected chi connectivity index (χ2v) is 7.52. The first-order valence-corrected chi connectivity index (χ1v) is 8.60. The van der Waals surface area contributed by atoms with Crippen LogP contribution < -0.4 is 16.0 Å². The van der Waals surface area contributed by atoms with Crippen LogP contribution in [0.25, 0.3) is 0 Å².